The van der Waals surface area contributed by atoms with Crippen molar-refractivity contribution in [2.75, 3.05) is 0 Å². The zero-order chi connectivity index (χ0) is 18.1. The van der Waals surface area contributed by atoms with E-state index in [0.717, 1.165) is 5.02 Å². The maximum Gasteiger partial charge on any atom is 0.347 e. The Balaban J connectivity index is 0.000000269. The van der Waals surface area contributed by atoms with E-state index in [-0.39, 0.29) is 0 Å². The molecule has 0 amide bonds. The van der Waals surface area contributed by atoms with Gasteiger partial charge in [-0.15, -0.1) is 0 Å². The second-order valence-corrected chi connectivity index (χ2v) is 5.68. The molecule has 25 heavy (non-hydrogen) atoms. The average Bonchev–Trinajstić information content (AvgIpc) is 2.65. The fourth-order valence-corrected chi connectivity index (χ4v) is 2.69. The van der Waals surface area contributed by atoms with Gasteiger partial charge in [0.05, 0.1) is 11.9 Å². The lowest BCUT2D eigenvalue weighted by atomic mass is 9.86. The molecule has 3 rings (SSSR count). The Morgan fingerprint density at radius 2 is 1.12 bits per heavy atom. The van der Waals surface area contributed by atoms with E-state index in [4.69, 9.17) is 27.8 Å². The summed E-state index contributed by atoms with van der Waals surface area (Å²) in [7, 11) is 0. The van der Waals surface area contributed by atoms with Gasteiger partial charge in [0, 0.05) is 16.1 Å². The van der Waals surface area contributed by atoms with Crippen LogP contribution in [0.5, 0.6) is 0 Å². The SMILES string of the molecule is Clc1ccccc1.O=C(O)C(OCl)(c1ccccc1)c1ccccc1. The number of carboxylic acids is 1. The summed E-state index contributed by atoms with van der Waals surface area (Å²) in [5, 5.41) is 10.3. The molecule has 128 valence electrons. The van der Waals surface area contributed by atoms with E-state index in [1.807, 2.05) is 30.3 Å². The van der Waals surface area contributed by atoms with E-state index in [0.29, 0.717) is 11.1 Å². The number of hydrogen-bond donors (Lipinski definition) is 1. The number of carbonyl (C=O) groups is 1. The van der Waals surface area contributed by atoms with Crippen LogP contribution in [-0.4, -0.2) is 11.1 Å². The molecule has 0 aliphatic rings. The topological polar surface area (TPSA) is 46.5 Å². The van der Waals surface area contributed by atoms with Gasteiger partial charge in [0.15, 0.2) is 0 Å². The van der Waals surface area contributed by atoms with E-state index >= 15 is 0 Å². The molecule has 0 aliphatic carbocycles. The molecule has 0 atom stereocenters. The zero-order valence-corrected chi connectivity index (χ0v) is 14.7. The number of halogens is 2. The van der Waals surface area contributed by atoms with Crippen molar-refractivity contribution < 1.29 is 14.2 Å². The molecule has 5 heteroatoms. The molecule has 0 heterocycles. The summed E-state index contributed by atoms with van der Waals surface area (Å²) in [6.45, 7) is 0. The van der Waals surface area contributed by atoms with Crippen molar-refractivity contribution in [2.24, 2.45) is 0 Å². The largest absolute Gasteiger partial charge is 0.479 e. The van der Waals surface area contributed by atoms with Crippen LogP contribution < -0.4 is 0 Å². The van der Waals surface area contributed by atoms with Gasteiger partial charge in [-0.1, -0.05) is 90.5 Å². The number of aliphatic carboxylic acids is 1. The van der Waals surface area contributed by atoms with Crippen LogP contribution in [0.1, 0.15) is 11.1 Å². The van der Waals surface area contributed by atoms with Gasteiger partial charge in [-0.3, -0.25) is 4.29 Å². The van der Waals surface area contributed by atoms with Gasteiger partial charge < -0.3 is 5.11 Å². The minimum atomic E-state index is -1.69. The Kier molecular flexibility index (Phi) is 7.02. The van der Waals surface area contributed by atoms with Crippen molar-refractivity contribution in [3.63, 3.8) is 0 Å². The Hall–Kier alpha value is -2.33. The monoisotopic (exact) mass is 374 g/mol. The van der Waals surface area contributed by atoms with Gasteiger partial charge in [0.2, 0.25) is 5.60 Å². The predicted octanol–water partition coefficient (Wildman–Crippen LogP) is 5.53. The van der Waals surface area contributed by atoms with Crippen LogP contribution in [0.15, 0.2) is 91.0 Å². The summed E-state index contributed by atoms with van der Waals surface area (Å²) in [5.41, 5.74) is -0.748. The molecule has 0 unspecified atom stereocenters. The Labute approximate surface area is 156 Å². The molecular weight excluding hydrogens is 359 g/mol. The van der Waals surface area contributed by atoms with Crippen LogP contribution in [-0.2, 0) is 14.7 Å². The van der Waals surface area contributed by atoms with E-state index in [9.17, 15) is 9.90 Å². The van der Waals surface area contributed by atoms with Crippen LogP contribution in [0.2, 0.25) is 5.02 Å². The first-order chi connectivity index (χ1) is 12.1. The third kappa shape index (κ3) is 4.60. The highest BCUT2D eigenvalue weighted by Crippen LogP contribution is 2.35. The molecule has 3 aromatic rings. The average molecular weight is 375 g/mol. The molecule has 0 fully saturated rings. The fraction of sp³-hybridized carbons (Fsp3) is 0.0500. The molecule has 3 aromatic carbocycles. The minimum absolute atomic E-state index is 0.471. The van der Waals surface area contributed by atoms with Crippen LogP contribution >= 0.6 is 23.5 Å². The number of carboxylic acid groups (broad SMARTS) is 1. The summed E-state index contributed by atoms with van der Waals surface area (Å²) >= 11 is 11.0. The number of rotatable bonds is 4. The maximum atomic E-state index is 11.6. The highest BCUT2D eigenvalue weighted by molar-refractivity contribution is 6.30. The number of benzene rings is 3. The lowest BCUT2D eigenvalue weighted by Crippen LogP contribution is -2.37. The Bertz CT molecular complexity index is 738. The summed E-state index contributed by atoms with van der Waals surface area (Å²) in [6, 6.07) is 26.7. The lowest BCUT2D eigenvalue weighted by molar-refractivity contribution is -0.152. The molecule has 3 nitrogen and oxygen atoms in total. The fourth-order valence-electron chi connectivity index (χ4n) is 2.30. The smallest absolute Gasteiger partial charge is 0.347 e. The van der Waals surface area contributed by atoms with E-state index in [2.05, 4.69) is 0 Å². The molecule has 0 aliphatic heterocycles. The van der Waals surface area contributed by atoms with Gasteiger partial charge in [0.1, 0.15) is 0 Å². The van der Waals surface area contributed by atoms with Crippen LogP contribution in [0.4, 0.5) is 0 Å². The second-order valence-electron chi connectivity index (χ2n) is 5.09. The van der Waals surface area contributed by atoms with E-state index in [1.165, 1.54) is 0 Å². The summed E-state index contributed by atoms with van der Waals surface area (Å²) in [6.07, 6.45) is 0. The zero-order valence-electron chi connectivity index (χ0n) is 13.2. The summed E-state index contributed by atoms with van der Waals surface area (Å²) in [5.74, 6) is -1.16. The normalized spacial score (nSPS) is 10.5. The van der Waals surface area contributed by atoms with Gasteiger partial charge in [-0.25, -0.2) is 4.79 Å². The molecule has 0 saturated heterocycles. The highest BCUT2D eigenvalue weighted by atomic mass is 35.5. The standard InChI is InChI=1S/C14H11ClO3.C6H5Cl/c15-18-14(13(16)17,11-7-3-1-4-8-11)12-9-5-2-6-10-12;7-6-4-2-1-3-5-6/h1-10H,(H,16,17);1-5H. The first kappa shape index (κ1) is 19.0. The van der Waals surface area contributed by atoms with Gasteiger partial charge in [-0.05, 0) is 12.1 Å². The molecule has 0 radical (unpaired) electrons. The van der Waals surface area contributed by atoms with Crippen molar-refractivity contribution in [1.29, 1.82) is 0 Å². The Morgan fingerprint density at radius 1 is 0.760 bits per heavy atom. The maximum absolute atomic E-state index is 11.6. The second kappa shape index (κ2) is 9.23. The van der Waals surface area contributed by atoms with Crippen molar-refractivity contribution in [2.45, 2.75) is 5.60 Å². The van der Waals surface area contributed by atoms with Crippen molar-refractivity contribution >= 4 is 29.4 Å². The van der Waals surface area contributed by atoms with Crippen LogP contribution in [0.25, 0.3) is 0 Å². The highest BCUT2D eigenvalue weighted by Gasteiger charge is 2.44. The van der Waals surface area contributed by atoms with E-state index in [1.54, 1.807) is 60.7 Å². The van der Waals surface area contributed by atoms with Crippen molar-refractivity contribution in [1.82, 2.24) is 0 Å². The number of hydrogen-bond acceptors (Lipinski definition) is 2. The van der Waals surface area contributed by atoms with Crippen LogP contribution in [0, 0.1) is 0 Å². The molecule has 0 aromatic heterocycles. The first-order valence-electron chi connectivity index (χ1n) is 7.46. The quantitative estimate of drug-likeness (QED) is 0.653. The third-order valence-corrected chi connectivity index (χ3v) is 3.99. The first-order valence-corrected chi connectivity index (χ1v) is 8.14. The molecule has 0 saturated carbocycles. The van der Waals surface area contributed by atoms with Crippen molar-refractivity contribution in [3.8, 4) is 0 Å². The van der Waals surface area contributed by atoms with Crippen molar-refractivity contribution in [3.05, 3.63) is 107 Å². The molecule has 0 bridgehead atoms. The predicted molar refractivity (Wildman–Crippen MR) is 99.7 cm³/mol. The summed E-state index contributed by atoms with van der Waals surface area (Å²) < 4.78 is 4.84. The van der Waals surface area contributed by atoms with Gasteiger partial charge in [0.25, 0.3) is 0 Å². The molecular formula is C20H16Cl2O3. The Morgan fingerprint density at radius 3 is 1.36 bits per heavy atom. The lowest BCUT2D eigenvalue weighted by Gasteiger charge is -2.26. The molecule has 1 N–H and O–H groups in total. The van der Waals surface area contributed by atoms with Gasteiger partial charge >= 0.3 is 5.97 Å². The minimum Gasteiger partial charge on any atom is -0.479 e. The van der Waals surface area contributed by atoms with Gasteiger partial charge in [-0.2, -0.15) is 0 Å². The molecule has 0 spiro atoms. The van der Waals surface area contributed by atoms with E-state index < -0.39 is 11.6 Å². The summed E-state index contributed by atoms with van der Waals surface area (Å²) in [4.78, 5) is 11.6. The third-order valence-electron chi connectivity index (χ3n) is 3.51. The van der Waals surface area contributed by atoms with Crippen LogP contribution in [0.3, 0.4) is 0 Å².